The molecular weight excluding hydrogens is 520 g/mol. The number of nitrogens with zero attached hydrogens (tertiary/aromatic N) is 4. The van der Waals surface area contributed by atoms with Crippen molar-refractivity contribution in [1.29, 1.82) is 0 Å². The first kappa shape index (κ1) is 21.5. The Labute approximate surface area is 237 Å². The van der Waals surface area contributed by atoms with Crippen LogP contribution in [0.15, 0.2) is 121 Å². The number of hydrogen-bond donors (Lipinski definition) is 0. The van der Waals surface area contributed by atoms with E-state index in [0.29, 0.717) is 0 Å². The summed E-state index contributed by atoms with van der Waals surface area (Å²) in [5.41, 5.74) is 8.68. The van der Waals surface area contributed by atoms with Crippen LogP contribution in [0.4, 0.5) is 0 Å². The van der Waals surface area contributed by atoms with E-state index in [1.807, 2.05) is 23.6 Å². The topological polar surface area (TPSA) is 35.1 Å². The minimum atomic E-state index is 0.959. The molecule has 41 heavy (non-hydrogen) atoms. The van der Waals surface area contributed by atoms with Crippen LogP contribution in [0.2, 0.25) is 0 Å². The van der Waals surface area contributed by atoms with Gasteiger partial charge >= 0.3 is 0 Å². The number of pyridine rings is 2. The molecule has 0 N–H and O–H groups in total. The average molecular weight is 541 g/mol. The molecule has 0 atom stereocenters. The van der Waals surface area contributed by atoms with Gasteiger partial charge < -0.3 is 4.57 Å². The molecule has 5 aromatic carbocycles. The Morgan fingerprint density at radius 3 is 2.32 bits per heavy atom. The number of rotatable bonds is 1. The fourth-order valence-corrected chi connectivity index (χ4v) is 8.03. The lowest BCUT2D eigenvalue weighted by Gasteiger charge is -2.11. The molecule has 10 rings (SSSR count). The van der Waals surface area contributed by atoms with Gasteiger partial charge in [-0.05, 0) is 54.6 Å². The molecule has 0 radical (unpaired) electrons. The van der Waals surface area contributed by atoms with Gasteiger partial charge in [0.15, 0.2) is 0 Å². The first-order chi connectivity index (χ1) is 20.3. The van der Waals surface area contributed by atoms with Crippen molar-refractivity contribution in [1.82, 2.24) is 18.9 Å². The standard InChI is InChI=1S/C36H20N4S/c1-2-9-21(10-3-1)39-31-20-27-26(33-30(14-8-18-37-33)40-29-13-6-5-12-28(29)38-36(27)40)19-25(31)23-16-17-24-22-11-4-7-15-32(22)41-35(24)34(23)39/h1-20H. The SMILES string of the molecule is c1ccc(-n2c3cc4c(cc3c3ccc5c6ccccc6sc5c32)c2ncccc2n2c3ccccc3nc42)cc1. The molecule has 0 unspecified atom stereocenters. The van der Waals surface area contributed by atoms with E-state index in [9.17, 15) is 0 Å². The molecule has 5 aromatic heterocycles. The van der Waals surface area contributed by atoms with Gasteiger partial charge in [-0.2, -0.15) is 0 Å². The monoisotopic (exact) mass is 540 g/mol. The molecule has 0 bridgehead atoms. The summed E-state index contributed by atoms with van der Waals surface area (Å²) in [7, 11) is 0. The highest BCUT2D eigenvalue weighted by atomic mass is 32.1. The maximum absolute atomic E-state index is 5.16. The van der Waals surface area contributed by atoms with E-state index < -0.39 is 0 Å². The molecule has 5 heteroatoms. The summed E-state index contributed by atoms with van der Waals surface area (Å²) in [4.78, 5) is 10.1. The minimum absolute atomic E-state index is 0.959. The van der Waals surface area contributed by atoms with E-state index in [0.717, 1.165) is 44.2 Å². The number of benzene rings is 5. The second-order valence-corrected chi connectivity index (χ2v) is 11.7. The summed E-state index contributed by atoms with van der Waals surface area (Å²) in [5.74, 6) is 0. The number of thiophene rings is 1. The molecule has 0 aliphatic heterocycles. The van der Waals surface area contributed by atoms with Crippen molar-refractivity contribution in [2.24, 2.45) is 0 Å². The molecule has 190 valence electrons. The fraction of sp³-hybridized carbons (Fsp3) is 0. The normalized spacial score (nSPS) is 12.4. The van der Waals surface area contributed by atoms with E-state index in [-0.39, 0.29) is 0 Å². The first-order valence-corrected chi connectivity index (χ1v) is 14.6. The van der Waals surface area contributed by atoms with Gasteiger partial charge in [0.2, 0.25) is 0 Å². The second-order valence-electron chi connectivity index (χ2n) is 10.7. The van der Waals surface area contributed by atoms with Crippen molar-refractivity contribution in [2.45, 2.75) is 0 Å². The van der Waals surface area contributed by atoms with Crippen LogP contribution < -0.4 is 0 Å². The van der Waals surface area contributed by atoms with E-state index in [1.165, 1.54) is 42.0 Å². The molecule has 0 aliphatic rings. The fourth-order valence-electron chi connectivity index (χ4n) is 6.78. The van der Waals surface area contributed by atoms with E-state index in [4.69, 9.17) is 9.97 Å². The third kappa shape index (κ3) is 2.73. The Hall–Kier alpha value is -5.26. The van der Waals surface area contributed by atoms with Crippen LogP contribution in [0.25, 0.3) is 86.2 Å². The van der Waals surface area contributed by atoms with Crippen LogP contribution in [0.3, 0.4) is 0 Å². The highest BCUT2D eigenvalue weighted by Gasteiger charge is 2.21. The van der Waals surface area contributed by atoms with Crippen LogP contribution in [0.1, 0.15) is 0 Å². The number of hydrogen-bond acceptors (Lipinski definition) is 3. The summed E-state index contributed by atoms with van der Waals surface area (Å²) < 4.78 is 7.34. The summed E-state index contributed by atoms with van der Waals surface area (Å²) in [6.07, 6.45) is 1.89. The van der Waals surface area contributed by atoms with Gasteiger partial charge in [-0.15, -0.1) is 11.3 Å². The lowest BCUT2D eigenvalue weighted by molar-refractivity contribution is 1.19. The van der Waals surface area contributed by atoms with Crippen molar-refractivity contribution < 1.29 is 0 Å². The van der Waals surface area contributed by atoms with Gasteiger partial charge in [-0.25, -0.2) is 4.98 Å². The zero-order chi connectivity index (χ0) is 26.7. The van der Waals surface area contributed by atoms with E-state index in [2.05, 4.69) is 118 Å². The Bertz CT molecular complexity index is 2690. The predicted molar refractivity (Wildman–Crippen MR) is 173 cm³/mol. The maximum atomic E-state index is 5.16. The van der Waals surface area contributed by atoms with Gasteiger partial charge in [-0.3, -0.25) is 9.38 Å². The molecule has 0 aliphatic carbocycles. The molecule has 0 fully saturated rings. The molecule has 0 amide bonds. The number of imidazole rings is 1. The average Bonchev–Trinajstić information content (AvgIpc) is 3.70. The molecule has 0 saturated carbocycles. The van der Waals surface area contributed by atoms with Gasteiger partial charge in [0.25, 0.3) is 0 Å². The second kappa shape index (κ2) is 7.68. The number of para-hydroxylation sites is 3. The quantitative estimate of drug-likeness (QED) is 0.194. The van der Waals surface area contributed by atoms with Crippen molar-refractivity contribution in [3.63, 3.8) is 0 Å². The van der Waals surface area contributed by atoms with Crippen LogP contribution in [-0.2, 0) is 0 Å². The zero-order valence-electron chi connectivity index (χ0n) is 21.7. The summed E-state index contributed by atoms with van der Waals surface area (Å²) in [6, 6.07) is 41.3. The predicted octanol–water partition coefficient (Wildman–Crippen LogP) is 9.65. The summed E-state index contributed by atoms with van der Waals surface area (Å²) in [6.45, 7) is 0. The van der Waals surface area contributed by atoms with Crippen molar-refractivity contribution >= 4 is 91.8 Å². The largest absolute Gasteiger partial charge is 0.308 e. The maximum Gasteiger partial charge on any atom is 0.146 e. The lowest BCUT2D eigenvalue weighted by Crippen LogP contribution is -1.95. The van der Waals surface area contributed by atoms with Crippen LogP contribution in [-0.4, -0.2) is 18.9 Å². The molecule has 5 heterocycles. The zero-order valence-corrected chi connectivity index (χ0v) is 22.6. The summed E-state index contributed by atoms with van der Waals surface area (Å²) in [5, 5.41) is 7.32. The molecule has 10 aromatic rings. The molecule has 4 nitrogen and oxygen atoms in total. The Balaban J connectivity index is 1.49. The third-order valence-corrected chi connectivity index (χ3v) is 9.70. The first-order valence-electron chi connectivity index (χ1n) is 13.8. The number of aromatic nitrogens is 4. The molecule has 0 spiro atoms. The van der Waals surface area contributed by atoms with E-state index in [1.54, 1.807) is 0 Å². The van der Waals surface area contributed by atoms with Gasteiger partial charge in [-0.1, -0.05) is 60.7 Å². The molecular formula is C36H20N4S. The van der Waals surface area contributed by atoms with E-state index >= 15 is 0 Å². The van der Waals surface area contributed by atoms with Crippen LogP contribution in [0.5, 0.6) is 0 Å². The van der Waals surface area contributed by atoms with Crippen molar-refractivity contribution in [3.8, 4) is 5.69 Å². The van der Waals surface area contributed by atoms with Gasteiger partial charge in [0.05, 0.1) is 37.8 Å². The van der Waals surface area contributed by atoms with Crippen LogP contribution >= 0.6 is 11.3 Å². The highest BCUT2D eigenvalue weighted by Crippen LogP contribution is 2.44. The van der Waals surface area contributed by atoms with Crippen molar-refractivity contribution in [3.05, 3.63) is 121 Å². The molecule has 0 saturated heterocycles. The Kier molecular flexibility index (Phi) is 4.04. The lowest BCUT2D eigenvalue weighted by atomic mass is 10.0. The highest BCUT2D eigenvalue weighted by molar-refractivity contribution is 7.26. The van der Waals surface area contributed by atoms with Crippen LogP contribution in [0, 0.1) is 0 Å². The Morgan fingerprint density at radius 1 is 0.561 bits per heavy atom. The summed E-state index contributed by atoms with van der Waals surface area (Å²) >= 11 is 1.88. The van der Waals surface area contributed by atoms with Crippen molar-refractivity contribution in [2.75, 3.05) is 0 Å². The number of fused-ring (bicyclic) bond motifs is 15. The smallest absolute Gasteiger partial charge is 0.146 e. The minimum Gasteiger partial charge on any atom is -0.308 e. The van der Waals surface area contributed by atoms with Gasteiger partial charge in [0.1, 0.15) is 5.65 Å². The third-order valence-electron chi connectivity index (χ3n) is 8.51. The Morgan fingerprint density at radius 2 is 1.37 bits per heavy atom. The van der Waals surface area contributed by atoms with Gasteiger partial charge in [0, 0.05) is 48.9 Å².